The van der Waals surface area contributed by atoms with Crippen LogP contribution in [0.25, 0.3) is 0 Å². The van der Waals surface area contributed by atoms with E-state index in [2.05, 4.69) is 5.32 Å². The monoisotopic (exact) mass is 328 g/mol. The molecule has 0 unspecified atom stereocenters. The lowest BCUT2D eigenvalue weighted by molar-refractivity contribution is 0.129. The molecule has 2 fully saturated rings. The number of fused-ring (bicyclic) bond motifs is 1. The molecule has 1 saturated heterocycles. The molecule has 1 N–H and O–H groups in total. The smallest absolute Gasteiger partial charge is 0.244 e. The van der Waals surface area contributed by atoms with E-state index < -0.39 is 10.0 Å². The molecule has 0 amide bonds. The molecule has 0 spiro atoms. The van der Waals surface area contributed by atoms with Crippen LogP contribution in [0.1, 0.15) is 43.4 Å². The van der Waals surface area contributed by atoms with Gasteiger partial charge in [0.05, 0.1) is 4.90 Å². The highest BCUT2D eigenvalue weighted by atomic mass is 32.2. The number of rotatable bonds is 4. The first kappa shape index (κ1) is 15.5. The first-order valence-corrected chi connectivity index (χ1v) is 10.2. The predicted molar refractivity (Wildman–Crippen MR) is 86.0 cm³/mol. The SMILES string of the molecule is CNCc1sccc1S(=O)(=O)N1CCC[C@H]2CCCC[C@H]21. The number of nitrogens with one attached hydrogen (secondary N) is 1. The average molecular weight is 329 g/mol. The number of hydrogen-bond acceptors (Lipinski definition) is 4. The third-order valence-electron chi connectivity index (χ3n) is 4.82. The zero-order valence-electron chi connectivity index (χ0n) is 12.5. The molecular formula is C15H24N2O2S2. The Morgan fingerprint density at radius 3 is 2.86 bits per heavy atom. The molecule has 21 heavy (non-hydrogen) atoms. The summed E-state index contributed by atoms with van der Waals surface area (Å²) in [6.07, 6.45) is 6.87. The van der Waals surface area contributed by atoms with Crippen LogP contribution in [0, 0.1) is 5.92 Å². The standard InChI is InChI=1S/C15H24N2O2S2/c1-16-11-14-15(8-10-20-14)21(18,19)17-9-4-6-12-5-2-3-7-13(12)17/h8,10,12-13,16H,2-7,9,11H2,1H3/t12-,13-/m1/s1. The minimum absolute atomic E-state index is 0.236. The molecule has 2 atom stereocenters. The molecule has 118 valence electrons. The minimum Gasteiger partial charge on any atom is -0.315 e. The summed E-state index contributed by atoms with van der Waals surface area (Å²) in [5.41, 5.74) is 0. The van der Waals surface area contributed by atoms with Crippen molar-refractivity contribution < 1.29 is 8.42 Å². The Labute approximate surface area is 131 Å². The first-order chi connectivity index (χ1) is 10.1. The van der Waals surface area contributed by atoms with Gasteiger partial charge in [0.1, 0.15) is 0 Å². The van der Waals surface area contributed by atoms with E-state index >= 15 is 0 Å². The lowest BCUT2D eigenvalue weighted by Crippen LogP contribution is -2.49. The Kier molecular flexibility index (Phi) is 4.69. The fraction of sp³-hybridized carbons (Fsp3) is 0.733. The van der Waals surface area contributed by atoms with E-state index in [4.69, 9.17) is 0 Å². The van der Waals surface area contributed by atoms with Gasteiger partial charge in [-0.3, -0.25) is 0 Å². The molecule has 2 heterocycles. The van der Waals surface area contributed by atoms with Crippen molar-refractivity contribution in [2.24, 2.45) is 5.92 Å². The third kappa shape index (κ3) is 2.91. The van der Waals surface area contributed by atoms with Gasteiger partial charge in [-0.2, -0.15) is 4.31 Å². The van der Waals surface area contributed by atoms with E-state index in [1.807, 2.05) is 16.7 Å². The van der Waals surface area contributed by atoms with Gasteiger partial charge in [-0.1, -0.05) is 12.8 Å². The molecule has 1 aromatic rings. The van der Waals surface area contributed by atoms with Crippen molar-refractivity contribution in [3.63, 3.8) is 0 Å². The highest BCUT2D eigenvalue weighted by molar-refractivity contribution is 7.89. The molecule has 0 radical (unpaired) electrons. The van der Waals surface area contributed by atoms with Gasteiger partial charge < -0.3 is 5.32 Å². The van der Waals surface area contributed by atoms with Crippen molar-refractivity contribution in [1.82, 2.24) is 9.62 Å². The van der Waals surface area contributed by atoms with E-state index in [0.717, 1.165) is 17.7 Å². The molecule has 0 aromatic carbocycles. The van der Waals surface area contributed by atoms with Crippen molar-refractivity contribution in [3.8, 4) is 0 Å². The Balaban J connectivity index is 1.91. The molecular weight excluding hydrogens is 304 g/mol. The van der Waals surface area contributed by atoms with E-state index in [9.17, 15) is 8.42 Å². The summed E-state index contributed by atoms with van der Waals surface area (Å²) in [6.45, 7) is 1.31. The molecule has 2 aliphatic rings. The Morgan fingerprint density at radius 1 is 1.29 bits per heavy atom. The van der Waals surface area contributed by atoms with Crippen LogP contribution in [0.4, 0.5) is 0 Å². The average Bonchev–Trinajstić information content (AvgIpc) is 2.96. The van der Waals surface area contributed by atoms with Crippen LogP contribution < -0.4 is 5.32 Å². The molecule has 1 aliphatic carbocycles. The van der Waals surface area contributed by atoms with Gasteiger partial charge in [-0.05, 0) is 50.1 Å². The van der Waals surface area contributed by atoms with E-state index in [1.165, 1.54) is 37.0 Å². The summed E-state index contributed by atoms with van der Waals surface area (Å²) < 4.78 is 28.0. The summed E-state index contributed by atoms with van der Waals surface area (Å²) in [5, 5.41) is 4.96. The minimum atomic E-state index is -3.34. The van der Waals surface area contributed by atoms with Gasteiger partial charge in [0.25, 0.3) is 0 Å². The second-order valence-corrected chi connectivity index (χ2v) is 8.97. The van der Waals surface area contributed by atoms with Gasteiger partial charge in [0.15, 0.2) is 0 Å². The number of thiophene rings is 1. The number of hydrogen-bond donors (Lipinski definition) is 1. The third-order valence-corrected chi connectivity index (χ3v) is 7.88. The van der Waals surface area contributed by atoms with Crippen molar-refractivity contribution in [2.75, 3.05) is 13.6 Å². The summed E-state index contributed by atoms with van der Waals surface area (Å²) in [4.78, 5) is 1.45. The molecule has 4 nitrogen and oxygen atoms in total. The molecule has 1 saturated carbocycles. The highest BCUT2D eigenvalue weighted by Crippen LogP contribution is 2.39. The molecule has 1 aliphatic heterocycles. The van der Waals surface area contributed by atoms with Crippen LogP contribution in [0.2, 0.25) is 0 Å². The van der Waals surface area contributed by atoms with Gasteiger partial charge >= 0.3 is 0 Å². The van der Waals surface area contributed by atoms with Crippen molar-refractivity contribution >= 4 is 21.4 Å². The zero-order valence-corrected chi connectivity index (χ0v) is 14.2. The van der Waals surface area contributed by atoms with Crippen LogP contribution in [0.5, 0.6) is 0 Å². The molecule has 1 aromatic heterocycles. The molecule has 3 rings (SSSR count). The highest BCUT2D eigenvalue weighted by Gasteiger charge is 2.40. The van der Waals surface area contributed by atoms with Crippen LogP contribution in [-0.4, -0.2) is 32.4 Å². The van der Waals surface area contributed by atoms with Gasteiger partial charge in [0.2, 0.25) is 10.0 Å². The predicted octanol–water partition coefficient (Wildman–Crippen LogP) is 2.81. The van der Waals surface area contributed by atoms with E-state index in [0.29, 0.717) is 23.9 Å². The fourth-order valence-electron chi connectivity index (χ4n) is 3.85. The van der Waals surface area contributed by atoms with Crippen LogP contribution in [-0.2, 0) is 16.6 Å². The molecule has 0 bridgehead atoms. The Bertz CT molecular complexity index is 580. The number of sulfonamides is 1. The maximum Gasteiger partial charge on any atom is 0.244 e. The normalized spacial score (nSPS) is 27.5. The van der Waals surface area contributed by atoms with Gasteiger partial charge in [-0.15, -0.1) is 11.3 Å². The van der Waals surface area contributed by atoms with E-state index in [1.54, 1.807) is 6.07 Å². The quantitative estimate of drug-likeness (QED) is 0.924. The van der Waals surface area contributed by atoms with Gasteiger partial charge in [-0.25, -0.2) is 8.42 Å². The van der Waals surface area contributed by atoms with Crippen LogP contribution in [0.15, 0.2) is 16.3 Å². The topological polar surface area (TPSA) is 49.4 Å². The zero-order chi connectivity index (χ0) is 14.9. The Hall–Kier alpha value is -0.430. The van der Waals surface area contributed by atoms with Crippen molar-refractivity contribution in [2.45, 2.75) is 56.0 Å². The van der Waals surface area contributed by atoms with Gasteiger partial charge in [0, 0.05) is 24.0 Å². The van der Waals surface area contributed by atoms with Crippen molar-refractivity contribution in [3.05, 3.63) is 16.3 Å². The second-order valence-electron chi connectivity index (χ2n) is 6.11. The number of nitrogens with zero attached hydrogens (tertiary/aromatic N) is 1. The van der Waals surface area contributed by atoms with Crippen LogP contribution >= 0.6 is 11.3 Å². The first-order valence-electron chi connectivity index (χ1n) is 7.87. The van der Waals surface area contributed by atoms with E-state index in [-0.39, 0.29) is 6.04 Å². The second kappa shape index (κ2) is 6.36. The maximum atomic E-state index is 13.1. The summed E-state index contributed by atoms with van der Waals surface area (Å²) >= 11 is 1.53. The summed E-state index contributed by atoms with van der Waals surface area (Å²) in [6, 6.07) is 2.01. The Morgan fingerprint density at radius 2 is 2.05 bits per heavy atom. The van der Waals surface area contributed by atoms with Crippen LogP contribution in [0.3, 0.4) is 0 Å². The summed E-state index contributed by atoms with van der Waals surface area (Å²) in [5.74, 6) is 0.577. The summed E-state index contributed by atoms with van der Waals surface area (Å²) in [7, 11) is -1.48. The lowest BCUT2D eigenvalue weighted by atomic mass is 9.79. The maximum absolute atomic E-state index is 13.1. The van der Waals surface area contributed by atoms with Crippen molar-refractivity contribution in [1.29, 1.82) is 0 Å². The largest absolute Gasteiger partial charge is 0.315 e. The number of piperidine rings is 1. The fourth-order valence-corrected chi connectivity index (χ4v) is 7.03. The lowest BCUT2D eigenvalue weighted by Gasteiger charge is -2.43. The molecule has 6 heteroatoms.